The summed E-state index contributed by atoms with van der Waals surface area (Å²) in [6, 6.07) is 3.21. The van der Waals surface area contributed by atoms with Crippen molar-refractivity contribution in [3.8, 4) is 5.75 Å². The number of benzene rings is 1. The number of hydrogen-bond donors (Lipinski definition) is 1. The number of halogens is 1. The molecule has 2 amide bonds. The molecule has 1 aromatic heterocycles. The van der Waals surface area contributed by atoms with Gasteiger partial charge in [0.1, 0.15) is 12.4 Å². The molecule has 1 aromatic carbocycles. The standard InChI is InChI=1S/C30H36ClN3O5S/c1-18-22(32-17-40-18)15-39-24-7-6-21(31)19-8-12-34(27(36)20-5-3-4-9-29(20,2)28(37)38)23(26(19)24)14-33-16-30(10-11-30)13-25(33)35/h6-7,17,20,23H,3-5,8-16H2,1-2H3,(H,37,38)/t20-,23+,29-/m0/s1. The molecule has 1 N–H and O–H groups in total. The van der Waals surface area contributed by atoms with Crippen molar-refractivity contribution in [3.63, 3.8) is 0 Å². The minimum Gasteiger partial charge on any atom is -0.487 e. The van der Waals surface area contributed by atoms with Crippen LogP contribution in [-0.4, -0.2) is 57.3 Å². The first kappa shape index (κ1) is 27.5. The van der Waals surface area contributed by atoms with E-state index < -0.39 is 23.3 Å². The monoisotopic (exact) mass is 585 g/mol. The summed E-state index contributed by atoms with van der Waals surface area (Å²) in [7, 11) is 0. The summed E-state index contributed by atoms with van der Waals surface area (Å²) in [4.78, 5) is 49.1. The molecule has 6 rings (SSSR count). The van der Waals surface area contributed by atoms with E-state index in [0.29, 0.717) is 56.1 Å². The number of aliphatic carboxylic acids is 1. The van der Waals surface area contributed by atoms with Crippen LogP contribution in [0.5, 0.6) is 5.75 Å². The van der Waals surface area contributed by atoms with Crippen LogP contribution in [0.25, 0.3) is 0 Å². The Morgan fingerprint density at radius 3 is 2.73 bits per heavy atom. The average Bonchev–Trinajstić information content (AvgIpc) is 3.43. The van der Waals surface area contributed by atoms with Crippen LogP contribution >= 0.6 is 22.9 Å². The van der Waals surface area contributed by atoms with Gasteiger partial charge in [-0.2, -0.15) is 0 Å². The van der Waals surface area contributed by atoms with Crippen LogP contribution in [0, 0.1) is 23.7 Å². The van der Waals surface area contributed by atoms with Crippen molar-refractivity contribution < 1.29 is 24.2 Å². The minimum absolute atomic E-state index is 0.0878. The molecule has 3 fully saturated rings. The quantitative estimate of drug-likeness (QED) is 0.467. The number of carbonyl (C=O) groups is 3. The lowest BCUT2D eigenvalue weighted by atomic mass is 9.66. The highest BCUT2D eigenvalue weighted by Gasteiger charge is 2.53. The van der Waals surface area contributed by atoms with Gasteiger partial charge in [0, 0.05) is 41.5 Å². The Morgan fingerprint density at radius 1 is 1.25 bits per heavy atom. The molecule has 3 heterocycles. The number of nitrogens with zero attached hydrogens (tertiary/aromatic N) is 3. The number of ether oxygens (including phenoxy) is 1. The minimum atomic E-state index is -1.11. The molecule has 0 unspecified atom stereocenters. The van der Waals surface area contributed by atoms with Gasteiger partial charge >= 0.3 is 5.97 Å². The Morgan fingerprint density at radius 2 is 2.05 bits per heavy atom. The van der Waals surface area contributed by atoms with Gasteiger partial charge in [-0.25, -0.2) is 4.98 Å². The second kappa shape index (κ2) is 10.3. The fourth-order valence-corrected chi connectivity index (χ4v) is 7.87. The Labute approximate surface area is 243 Å². The molecular formula is C30H36ClN3O5S. The number of rotatable bonds is 7. The van der Waals surface area contributed by atoms with Crippen LogP contribution in [0.1, 0.15) is 79.6 Å². The smallest absolute Gasteiger partial charge is 0.310 e. The van der Waals surface area contributed by atoms with Crippen LogP contribution < -0.4 is 4.74 Å². The molecule has 2 saturated carbocycles. The first-order valence-corrected chi connectivity index (χ1v) is 15.5. The number of carboxylic acid groups (broad SMARTS) is 1. The van der Waals surface area contributed by atoms with E-state index in [4.69, 9.17) is 16.3 Å². The molecule has 2 aliphatic carbocycles. The summed E-state index contributed by atoms with van der Waals surface area (Å²) < 4.78 is 6.36. The molecule has 4 aliphatic rings. The molecule has 0 bridgehead atoms. The molecule has 1 spiro atoms. The zero-order valence-electron chi connectivity index (χ0n) is 23.1. The summed E-state index contributed by atoms with van der Waals surface area (Å²) >= 11 is 8.30. The SMILES string of the molecule is Cc1scnc1COc1ccc(Cl)c2c1[C@@H](CN1CC3(CC3)CC1=O)N(C(=O)[C@@H]1CCCC[C@]1(C)C(=O)O)CC2. The van der Waals surface area contributed by atoms with E-state index in [-0.39, 0.29) is 23.8 Å². The molecule has 10 heteroatoms. The number of aryl methyl sites for hydroxylation is 1. The van der Waals surface area contributed by atoms with Gasteiger partial charge in [-0.05, 0) is 69.1 Å². The van der Waals surface area contributed by atoms with E-state index >= 15 is 0 Å². The van der Waals surface area contributed by atoms with Crippen molar-refractivity contribution in [3.05, 3.63) is 44.4 Å². The van der Waals surface area contributed by atoms with Crippen LogP contribution in [0.3, 0.4) is 0 Å². The Hall–Kier alpha value is -2.65. The zero-order chi connectivity index (χ0) is 28.2. The molecule has 3 atom stereocenters. The third-order valence-corrected chi connectivity index (χ3v) is 11.0. The summed E-state index contributed by atoms with van der Waals surface area (Å²) in [5, 5.41) is 10.8. The van der Waals surface area contributed by atoms with Crippen molar-refractivity contribution in [1.82, 2.24) is 14.8 Å². The average molecular weight is 586 g/mol. The summed E-state index contributed by atoms with van der Waals surface area (Å²) in [5.41, 5.74) is 3.39. The Balaban J connectivity index is 1.38. The van der Waals surface area contributed by atoms with Crippen LogP contribution in [0.15, 0.2) is 17.6 Å². The van der Waals surface area contributed by atoms with E-state index in [9.17, 15) is 19.5 Å². The van der Waals surface area contributed by atoms with Gasteiger partial charge in [0.05, 0.1) is 28.6 Å². The largest absolute Gasteiger partial charge is 0.487 e. The lowest BCUT2D eigenvalue weighted by molar-refractivity contribution is -0.162. The van der Waals surface area contributed by atoms with Crippen LogP contribution in [0.2, 0.25) is 5.02 Å². The number of thiazole rings is 1. The number of likely N-dealkylation sites (tertiary alicyclic amines) is 1. The lowest BCUT2D eigenvalue weighted by Crippen LogP contribution is -2.52. The first-order valence-electron chi connectivity index (χ1n) is 14.3. The van der Waals surface area contributed by atoms with Crippen molar-refractivity contribution in [1.29, 1.82) is 0 Å². The molecule has 2 aliphatic heterocycles. The van der Waals surface area contributed by atoms with Crippen molar-refractivity contribution in [2.24, 2.45) is 16.7 Å². The number of carbonyl (C=O) groups excluding carboxylic acids is 2. The highest BCUT2D eigenvalue weighted by molar-refractivity contribution is 7.09. The molecule has 40 heavy (non-hydrogen) atoms. The number of aromatic nitrogens is 1. The predicted octanol–water partition coefficient (Wildman–Crippen LogP) is 5.40. The van der Waals surface area contributed by atoms with Gasteiger partial charge in [0.25, 0.3) is 0 Å². The van der Waals surface area contributed by atoms with E-state index in [1.807, 2.05) is 28.9 Å². The fourth-order valence-electron chi connectivity index (χ4n) is 7.03. The van der Waals surface area contributed by atoms with Gasteiger partial charge in [-0.3, -0.25) is 14.4 Å². The second-order valence-electron chi connectivity index (χ2n) is 12.4. The molecule has 1 saturated heterocycles. The predicted molar refractivity (Wildman–Crippen MR) is 151 cm³/mol. The van der Waals surface area contributed by atoms with Gasteiger partial charge in [-0.1, -0.05) is 24.4 Å². The van der Waals surface area contributed by atoms with Gasteiger partial charge in [0.15, 0.2) is 0 Å². The highest BCUT2D eigenvalue weighted by atomic mass is 35.5. The third-order valence-electron chi connectivity index (χ3n) is 9.81. The first-order chi connectivity index (χ1) is 19.1. The lowest BCUT2D eigenvalue weighted by Gasteiger charge is -2.45. The van der Waals surface area contributed by atoms with E-state index in [1.54, 1.807) is 23.8 Å². The highest BCUT2D eigenvalue weighted by Crippen LogP contribution is 2.54. The molecule has 214 valence electrons. The normalized spacial score (nSPS) is 27.1. The zero-order valence-corrected chi connectivity index (χ0v) is 24.7. The molecule has 8 nitrogen and oxygen atoms in total. The Bertz CT molecular complexity index is 1360. The summed E-state index contributed by atoms with van der Waals surface area (Å²) in [6.45, 7) is 5.48. The number of carboxylic acids is 1. The maximum absolute atomic E-state index is 14.4. The second-order valence-corrected chi connectivity index (χ2v) is 13.8. The van der Waals surface area contributed by atoms with E-state index in [1.165, 1.54) is 0 Å². The van der Waals surface area contributed by atoms with E-state index in [2.05, 4.69) is 4.98 Å². The fraction of sp³-hybridized carbons (Fsp3) is 0.600. The summed E-state index contributed by atoms with van der Waals surface area (Å²) in [6.07, 6.45) is 5.87. The van der Waals surface area contributed by atoms with Crippen molar-refractivity contribution >= 4 is 40.7 Å². The van der Waals surface area contributed by atoms with Crippen LogP contribution in [-0.2, 0) is 27.4 Å². The Kier molecular flexibility index (Phi) is 7.10. The molecular weight excluding hydrogens is 550 g/mol. The van der Waals surface area contributed by atoms with Crippen molar-refractivity contribution in [2.45, 2.75) is 77.9 Å². The number of fused-ring (bicyclic) bond motifs is 1. The van der Waals surface area contributed by atoms with Gasteiger partial charge in [0.2, 0.25) is 11.8 Å². The van der Waals surface area contributed by atoms with E-state index in [0.717, 1.165) is 47.4 Å². The molecule has 0 radical (unpaired) electrons. The number of hydrogen-bond acceptors (Lipinski definition) is 6. The molecule has 2 aromatic rings. The topological polar surface area (TPSA) is 100 Å². The van der Waals surface area contributed by atoms with Gasteiger partial charge < -0.3 is 19.6 Å². The maximum atomic E-state index is 14.4. The third kappa shape index (κ3) is 4.79. The van der Waals surface area contributed by atoms with Gasteiger partial charge in [-0.15, -0.1) is 11.3 Å². The maximum Gasteiger partial charge on any atom is 0.310 e. The van der Waals surface area contributed by atoms with Crippen molar-refractivity contribution in [2.75, 3.05) is 19.6 Å². The number of amides is 2. The summed E-state index contributed by atoms with van der Waals surface area (Å²) in [5.74, 6) is -0.933. The van der Waals surface area contributed by atoms with Crippen LogP contribution in [0.4, 0.5) is 0 Å².